The number of Topliss-reactive ketones (excluding diaryl/α,β-unsaturated/α-hetero) is 1. The van der Waals surface area contributed by atoms with E-state index in [9.17, 15) is 4.79 Å². The Morgan fingerprint density at radius 2 is 2.06 bits per heavy atom. The highest BCUT2D eigenvalue weighted by Crippen LogP contribution is 2.30. The lowest BCUT2D eigenvalue weighted by Gasteiger charge is -2.14. The molecule has 18 heavy (non-hydrogen) atoms. The summed E-state index contributed by atoms with van der Waals surface area (Å²) in [4.78, 5) is 14.7. The van der Waals surface area contributed by atoms with Gasteiger partial charge in [0.1, 0.15) is 5.75 Å². The van der Waals surface area contributed by atoms with Crippen molar-refractivity contribution in [3.8, 4) is 5.75 Å². The van der Waals surface area contributed by atoms with Crippen LogP contribution in [0, 0.1) is 0 Å². The molecule has 1 aromatic carbocycles. The molecule has 0 aliphatic rings. The molecule has 0 heterocycles. The van der Waals surface area contributed by atoms with E-state index in [1.54, 1.807) is 25.8 Å². The number of methoxy groups -OCH3 is 1. The van der Waals surface area contributed by atoms with Crippen molar-refractivity contribution < 1.29 is 9.53 Å². The van der Waals surface area contributed by atoms with Crippen LogP contribution in [-0.4, -0.2) is 38.1 Å². The molecule has 98 valence electrons. The predicted octanol–water partition coefficient (Wildman–Crippen LogP) is 2.91. The van der Waals surface area contributed by atoms with Gasteiger partial charge in [-0.1, -0.05) is 0 Å². The molecule has 4 heteroatoms. The fraction of sp³-hybridized carbons (Fsp3) is 0.357. The molecule has 0 aliphatic carbocycles. The van der Waals surface area contributed by atoms with Gasteiger partial charge in [0.15, 0.2) is 5.78 Å². The van der Waals surface area contributed by atoms with Crippen molar-refractivity contribution in [3.05, 3.63) is 30.0 Å². The quantitative estimate of drug-likeness (QED) is 0.605. The molecule has 0 atom stereocenters. The average Bonchev–Trinajstić information content (AvgIpc) is 2.34. The molecule has 3 nitrogen and oxygen atoms in total. The number of hydrogen-bond acceptors (Lipinski definition) is 4. The van der Waals surface area contributed by atoms with Crippen molar-refractivity contribution in [1.82, 2.24) is 4.90 Å². The number of allylic oxidation sites excluding steroid dienone is 1. The van der Waals surface area contributed by atoms with Crippen LogP contribution >= 0.6 is 11.8 Å². The van der Waals surface area contributed by atoms with Crippen LogP contribution in [0.25, 0.3) is 5.57 Å². The summed E-state index contributed by atoms with van der Waals surface area (Å²) in [5.41, 5.74) is 1.49. The monoisotopic (exact) mass is 265 g/mol. The Bertz CT molecular complexity index is 467. The van der Waals surface area contributed by atoms with E-state index < -0.39 is 0 Å². The lowest BCUT2D eigenvalue weighted by atomic mass is 10.0. The standard InChI is InChI=1S/C14H19NO2S/c1-10(16)13(9-15(2)3)12-7-6-11(18-5)8-14(12)17-4/h6-9H,1-5H3. The number of hydrogen-bond donors (Lipinski definition) is 0. The lowest BCUT2D eigenvalue weighted by Crippen LogP contribution is -2.07. The van der Waals surface area contributed by atoms with Gasteiger partial charge in [-0.25, -0.2) is 0 Å². The lowest BCUT2D eigenvalue weighted by molar-refractivity contribution is -0.111. The van der Waals surface area contributed by atoms with Crippen molar-refractivity contribution in [2.75, 3.05) is 27.5 Å². The zero-order valence-corrected chi connectivity index (χ0v) is 12.3. The zero-order chi connectivity index (χ0) is 13.7. The average molecular weight is 265 g/mol. The summed E-state index contributed by atoms with van der Waals surface area (Å²) < 4.78 is 5.38. The Hall–Kier alpha value is -1.42. The van der Waals surface area contributed by atoms with Gasteiger partial charge in [-0.2, -0.15) is 0 Å². The third-order valence-electron chi connectivity index (χ3n) is 2.47. The second-order valence-electron chi connectivity index (χ2n) is 4.13. The first-order valence-corrected chi connectivity index (χ1v) is 6.83. The number of thioether (sulfide) groups is 1. The highest BCUT2D eigenvalue weighted by atomic mass is 32.2. The smallest absolute Gasteiger partial charge is 0.162 e. The van der Waals surface area contributed by atoms with Crippen LogP contribution in [0.4, 0.5) is 0 Å². The van der Waals surface area contributed by atoms with Crippen molar-refractivity contribution in [3.63, 3.8) is 0 Å². The van der Waals surface area contributed by atoms with E-state index in [4.69, 9.17) is 4.74 Å². The van der Waals surface area contributed by atoms with Crippen LogP contribution in [0.5, 0.6) is 5.75 Å². The van der Waals surface area contributed by atoms with E-state index in [-0.39, 0.29) is 5.78 Å². The second-order valence-corrected chi connectivity index (χ2v) is 5.01. The minimum atomic E-state index is 0.0268. The van der Waals surface area contributed by atoms with Crippen LogP contribution in [0.3, 0.4) is 0 Å². The molecular weight excluding hydrogens is 246 g/mol. The van der Waals surface area contributed by atoms with Gasteiger partial charge < -0.3 is 9.64 Å². The Kier molecular flexibility index (Phi) is 5.28. The number of rotatable bonds is 5. The van der Waals surface area contributed by atoms with Gasteiger partial charge in [0.05, 0.1) is 7.11 Å². The minimum Gasteiger partial charge on any atom is -0.496 e. The predicted molar refractivity (Wildman–Crippen MR) is 77.1 cm³/mol. The molecule has 0 amide bonds. The third-order valence-corrected chi connectivity index (χ3v) is 3.19. The van der Waals surface area contributed by atoms with Gasteiger partial charge in [-0.15, -0.1) is 11.8 Å². The second kappa shape index (κ2) is 6.50. The van der Waals surface area contributed by atoms with Gasteiger partial charge in [0.2, 0.25) is 0 Å². The summed E-state index contributed by atoms with van der Waals surface area (Å²) >= 11 is 1.65. The fourth-order valence-corrected chi connectivity index (χ4v) is 2.06. The van der Waals surface area contributed by atoms with Crippen molar-refractivity contribution >= 4 is 23.1 Å². The van der Waals surface area contributed by atoms with E-state index in [2.05, 4.69) is 0 Å². The zero-order valence-electron chi connectivity index (χ0n) is 11.5. The summed E-state index contributed by atoms with van der Waals surface area (Å²) in [6.45, 7) is 1.57. The summed E-state index contributed by atoms with van der Waals surface area (Å²) in [6, 6.07) is 5.88. The highest BCUT2D eigenvalue weighted by Gasteiger charge is 2.13. The molecular formula is C14H19NO2S. The largest absolute Gasteiger partial charge is 0.496 e. The van der Waals surface area contributed by atoms with Crippen LogP contribution in [0.2, 0.25) is 0 Å². The minimum absolute atomic E-state index is 0.0268. The highest BCUT2D eigenvalue weighted by molar-refractivity contribution is 7.98. The summed E-state index contributed by atoms with van der Waals surface area (Å²) in [6.07, 6.45) is 3.83. The number of carbonyl (C=O) groups excluding carboxylic acids is 1. The fourth-order valence-electron chi connectivity index (χ4n) is 1.63. The van der Waals surface area contributed by atoms with Crippen LogP contribution < -0.4 is 4.74 Å². The molecule has 0 radical (unpaired) electrons. The van der Waals surface area contributed by atoms with Gasteiger partial charge in [0.25, 0.3) is 0 Å². The first-order valence-electron chi connectivity index (χ1n) is 5.61. The molecule has 1 rings (SSSR count). The SMILES string of the molecule is COc1cc(SC)ccc1C(=CN(C)C)C(C)=O. The van der Waals surface area contributed by atoms with Gasteiger partial charge >= 0.3 is 0 Å². The maximum absolute atomic E-state index is 11.7. The van der Waals surface area contributed by atoms with Crippen LogP contribution in [0.15, 0.2) is 29.3 Å². The normalized spacial score (nSPS) is 11.3. The number of ether oxygens (including phenoxy) is 1. The molecule has 0 aliphatic heterocycles. The van der Waals surface area contributed by atoms with Crippen molar-refractivity contribution in [2.24, 2.45) is 0 Å². The van der Waals surface area contributed by atoms with Crippen LogP contribution in [-0.2, 0) is 4.79 Å². The number of ketones is 1. The number of nitrogens with zero attached hydrogens (tertiary/aromatic N) is 1. The Morgan fingerprint density at radius 3 is 2.50 bits per heavy atom. The molecule has 0 saturated heterocycles. The summed E-state index contributed by atoms with van der Waals surface area (Å²) in [5.74, 6) is 0.754. The van der Waals surface area contributed by atoms with E-state index in [0.29, 0.717) is 5.57 Å². The maximum Gasteiger partial charge on any atom is 0.162 e. The van der Waals surface area contributed by atoms with Crippen molar-refractivity contribution in [2.45, 2.75) is 11.8 Å². The van der Waals surface area contributed by atoms with Crippen molar-refractivity contribution in [1.29, 1.82) is 0 Å². The molecule has 0 unspecified atom stereocenters. The van der Waals surface area contributed by atoms with E-state index in [1.165, 1.54) is 0 Å². The van der Waals surface area contributed by atoms with Gasteiger partial charge in [-0.05, 0) is 31.4 Å². The first-order chi connectivity index (χ1) is 8.49. The van der Waals surface area contributed by atoms with E-state index in [1.807, 2.05) is 49.7 Å². The third kappa shape index (κ3) is 3.53. The van der Waals surface area contributed by atoms with Crippen LogP contribution in [0.1, 0.15) is 12.5 Å². The molecule has 0 fully saturated rings. The van der Waals surface area contributed by atoms with Gasteiger partial charge in [-0.3, -0.25) is 4.79 Å². The molecule has 0 bridgehead atoms. The number of benzene rings is 1. The summed E-state index contributed by atoms with van der Waals surface area (Å²) in [5, 5.41) is 0. The maximum atomic E-state index is 11.7. The molecule has 0 N–H and O–H groups in total. The topological polar surface area (TPSA) is 29.5 Å². The molecule has 0 saturated carbocycles. The Balaban J connectivity index is 3.32. The number of carbonyl (C=O) groups is 1. The molecule has 1 aromatic rings. The van der Waals surface area contributed by atoms with E-state index >= 15 is 0 Å². The Morgan fingerprint density at radius 1 is 1.39 bits per heavy atom. The van der Waals surface area contributed by atoms with Gasteiger partial charge in [0, 0.05) is 36.3 Å². The first kappa shape index (κ1) is 14.6. The Labute approximate surface area is 113 Å². The summed E-state index contributed by atoms with van der Waals surface area (Å²) in [7, 11) is 5.41. The molecule has 0 spiro atoms. The molecule has 0 aromatic heterocycles. The van der Waals surface area contributed by atoms with E-state index in [0.717, 1.165) is 16.2 Å².